The van der Waals surface area contributed by atoms with Gasteiger partial charge in [0.25, 0.3) is 0 Å². The smallest absolute Gasteiger partial charge is 0.162 e. The van der Waals surface area contributed by atoms with Gasteiger partial charge in [0.15, 0.2) is 5.60 Å². The molecule has 4 heteroatoms. The van der Waals surface area contributed by atoms with Crippen LogP contribution in [0, 0.1) is 18.3 Å². The Kier molecular flexibility index (Phi) is 4.22. The van der Waals surface area contributed by atoms with Crippen LogP contribution >= 0.6 is 0 Å². The Labute approximate surface area is 98.2 Å². The summed E-state index contributed by atoms with van der Waals surface area (Å²) >= 11 is 0. The summed E-state index contributed by atoms with van der Waals surface area (Å²) in [7, 11) is -1.33. The van der Waals surface area contributed by atoms with Gasteiger partial charge in [0.1, 0.15) is 0 Å². The molecule has 3 nitrogen and oxygen atoms in total. The number of nitrogens with zero attached hydrogens (tertiary/aromatic N) is 1. The van der Waals surface area contributed by atoms with Crippen molar-refractivity contribution in [1.29, 1.82) is 5.26 Å². The molecule has 16 heavy (non-hydrogen) atoms. The van der Waals surface area contributed by atoms with Gasteiger partial charge in [-0.2, -0.15) is 5.26 Å². The van der Waals surface area contributed by atoms with E-state index in [4.69, 9.17) is 5.26 Å². The van der Waals surface area contributed by atoms with Gasteiger partial charge in [0.2, 0.25) is 0 Å². The Morgan fingerprint density at radius 2 is 2.00 bits per heavy atom. The van der Waals surface area contributed by atoms with Crippen molar-refractivity contribution in [2.45, 2.75) is 30.8 Å². The van der Waals surface area contributed by atoms with Gasteiger partial charge in [0.05, 0.1) is 22.6 Å². The fourth-order valence-corrected chi connectivity index (χ4v) is 2.51. The van der Waals surface area contributed by atoms with Crippen molar-refractivity contribution in [1.82, 2.24) is 0 Å². The summed E-state index contributed by atoms with van der Waals surface area (Å²) in [4.78, 5) is 0.646. The molecular weight excluding hydrogens is 222 g/mol. The maximum absolute atomic E-state index is 11.9. The van der Waals surface area contributed by atoms with Crippen LogP contribution in [0.15, 0.2) is 29.2 Å². The van der Waals surface area contributed by atoms with E-state index in [9.17, 15) is 9.32 Å². The second kappa shape index (κ2) is 5.24. The van der Waals surface area contributed by atoms with Crippen molar-refractivity contribution in [2.24, 2.45) is 0 Å². The monoisotopic (exact) mass is 237 g/mol. The van der Waals surface area contributed by atoms with Crippen LogP contribution in [0.4, 0.5) is 0 Å². The highest BCUT2D eigenvalue weighted by Crippen LogP contribution is 2.16. The van der Waals surface area contributed by atoms with Crippen LogP contribution in [-0.4, -0.2) is 20.7 Å². The molecule has 0 radical (unpaired) electrons. The average Bonchev–Trinajstić information content (AvgIpc) is 2.29. The first kappa shape index (κ1) is 12.9. The summed E-state index contributed by atoms with van der Waals surface area (Å²) in [5.74, 6) is -0.0386. The molecule has 0 amide bonds. The molecule has 0 fully saturated rings. The summed E-state index contributed by atoms with van der Waals surface area (Å²) < 4.78 is 11.9. The minimum atomic E-state index is -1.49. The Morgan fingerprint density at radius 3 is 2.44 bits per heavy atom. The third kappa shape index (κ3) is 3.16. The lowest BCUT2D eigenvalue weighted by molar-refractivity contribution is 0.120. The molecule has 0 aliphatic heterocycles. The molecule has 0 spiro atoms. The summed E-state index contributed by atoms with van der Waals surface area (Å²) in [6.45, 7) is 3.65. The van der Waals surface area contributed by atoms with Crippen molar-refractivity contribution in [2.75, 3.05) is 5.75 Å². The largest absolute Gasteiger partial charge is 0.374 e. The SMILES string of the molecule is CC[C@](O)(C#N)CS(=O)c1ccc(C)cc1. The highest BCUT2D eigenvalue weighted by atomic mass is 32.2. The summed E-state index contributed by atoms with van der Waals surface area (Å²) in [6.07, 6.45) is 0.279. The minimum absolute atomic E-state index is 0.0386. The zero-order valence-corrected chi connectivity index (χ0v) is 10.3. The first-order valence-electron chi connectivity index (χ1n) is 5.09. The lowest BCUT2D eigenvalue weighted by Crippen LogP contribution is -2.32. The molecular formula is C12H15NO2S. The molecule has 0 saturated heterocycles. The molecule has 0 aromatic heterocycles. The predicted molar refractivity (Wildman–Crippen MR) is 63.3 cm³/mol. The maximum Gasteiger partial charge on any atom is 0.162 e. The van der Waals surface area contributed by atoms with Gasteiger partial charge in [-0.05, 0) is 25.5 Å². The number of aliphatic hydroxyl groups is 1. The lowest BCUT2D eigenvalue weighted by Gasteiger charge is -2.17. The molecule has 1 unspecified atom stereocenters. The molecule has 1 N–H and O–H groups in total. The van der Waals surface area contributed by atoms with E-state index in [0.717, 1.165) is 5.56 Å². The van der Waals surface area contributed by atoms with E-state index >= 15 is 0 Å². The van der Waals surface area contributed by atoms with Gasteiger partial charge in [-0.15, -0.1) is 0 Å². The minimum Gasteiger partial charge on any atom is -0.374 e. The Balaban J connectivity index is 2.81. The van der Waals surface area contributed by atoms with Crippen LogP contribution in [0.1, 0.15) is 18.9 Å². The van der Waals surface area contributed by atoms with Gasteiger partial charge in [-0.25, -0.2) is 0 Å². The molecule has 0 aliphatic rings. The van der Waals surface area contributed by atoms with E-state index in [1.807, 2.05) is 19.1 Å². The van der Waals surface area contributed by atoms with Crippen LogP contribution in [0.2, 0.25) is 0 Å². The first-order chi connectivity index (χ1) is 7.50. The summed E-state index contributed by atoms with van der Waals surface area (Å²) in [5, 5.41) is 18.6. The third-order valence-corrected chi connectivity index (χ3v) is 3.98. The van der Waals surface area contributed by atoms with Crippen LogP contribution in [0.25, 0.3) is 0 Å². The summed E-state index contributed by atoms with van der Waals surface area (Å²) in [5.41, 5.74) is -0.401. The zero-order chi connectivity index (χ0) is 12.2. The molecule has 1 aromatic rings. The number of rotatable bonds is 4. The van der Waals surface area contributed by atoms with E-state index in [1.165, 1.54) is 0 Å². The topological polar surface area (TPSA) is 61.1 Å². The van der Waals surface area contributed by atoms with E-state index < -0.39 is 16.4 Å². The number of hydrogen-bond acceptors (Lipinski definition) is 3. The van der Waals surface area contributed by atoms with E-state index in [-0.39, 0.29) is 12.2 Å². The predicted octanol–water partition coefficient (Wildman–Crippen LogP) is 1.77. The fraction of sp³-hybridized carbons (Fsp3) is 0.417. The van der Waals surface area contributed by atoms with Crippen molar-refractivity contribution >= 4 is 10.8 Å². The van der Waals surface area contributed by atoms with Crippen molar-refractivity contribution in [3.05, 3.63) is 29.8 Å². The first-order valence-corrected chi connectivity index (χ1v) is 6.41. The molecule has 0 saturated carbocycles. The quantitative estimate of drug-likeness (QED) is 0.812. The summed E-state index contributed by atoms with van der Waals surface area (Å²) in [6, 6.07) is 9.06. The van der Waals surface area contributed by atoms with Crippen molar-refractivity contribution in [3.8, 4) is 6.07 Å². The van der Waals surface area contributed by atoms with Crippen LogP contribution in [-0.2, 0) is 10.8 Å². The number of hydrogen-bond donors (Lipinski definition) is 1. The second-order valence-electron chi connectivity index (χ2n) is 3.80. The molecule has 1 aromatic carbocycles. The molecule has 0 aliphatic carbocycles. The number of benzene rings is 1. The molecule has 2 atom stereocenters. The van der Waals surface area contributed by atoms with E-state index in [0.29, 0.717) is 4.90 Å². The average molecular weight is 237 g/mol. The molecule has 1 rings (SSSR count). The van der Waals surface area contributed by atoms with Crippen molar-refractivity contribution in [3.63, 3.8) is 0 Å². The number of nitriles is 1. The van der Waals surface area contributed by atoms with E-state index in [2.05, 4.69) is 0 Å². The maximum atomic E-state index is 11.9. The van der Waals surface area contributed by atoms with Crippen LogP contribution in [0.5, 0.6) is 0 Å². The molecule has 0 bridgehead atoms. The van der Waals surface area contributed by atoms with Crippen molar-refractivity contribution < 1.29 is 9.32 Å². The van der Waals surface area contributed by atoms with Crippen LogP contribution in [0.3, 0.4) is 0 Å². The van der Waals surface area contributed by atoms with Gasteiger partial charge in [0, 0.05) is 4.90 Å². The normalized spacial score (nSPS) is 16.1. The highest BCUT2D eigenvalue weighted by Gasteiger charge is 2.27. The fourth-order valence-electron chi connectivity index (χ4n) is 1.20. The van der Waals surface area contributed by atoms with Gasteiger partial charge < -0.3 is 5.11 Å². The second-order valence-corrected chi connectivity index (χ2v) is 5.25. The molecule has 0 heterocycles. The van der Waals surface area contributed by atoms with Gasteiger partial charge in [-0.3, -0.25) is 4.21 Å². The third-order valence-electron chi connectivity index (χ3n) is 2.45. The highest BCUT2D eigenvalue weighted by molar-refractivity contribution is 7.85. The van der Waals surface area contributed by atoms with E-state index in [1.54, 1.807) is 25.1 Å². The lowest BCUT2D eigenvalue weighted by atomic mass is 10.1. The Hall–Kier alpha value is -1.18. The number of aryl methyl sites for hydroxylation is 1. The van der Waals surface area contributed by atoms with Gasteiger partial charge in [-0.1, -0.05) is 24.6 Å². The van der Waals surface area contributed by atoms with Gasteiger partial charge >= 0.3 is 0 Å². The standard InChI is InChI=1S/C12H15NO2S/c1-3-12(14,8-13)9-16(15)11-6-4-10(2)5-7-11/h4-7,14H,3,9H2,1-2H3/t12-,16?/m0/s1. The van der Waals surface area contributed by atoms with Crippen LogP contribution < -0.4 is 0 Å². The zero-order valence-electron chi connectivity index (χ0n) is 9.43. The Bertz CT molecular complexity index is 422. The molecule has 86 valence electrons. The Morgan fingerprint density at radius 1 is 1.44 bits per heavy atom.